The normalized spacial score (nSPS) is 14.7. The summed E-state index contributed by atoms with van der Waals surface area (Å²) in [5.74, 6) is 0.619. The summed E-state index contributed by atoms with van der Waals surface area (Å²) in [4.78, 5) is 15.8. The van der Waals surface area contributed by atoms with Crippen LogP contribution in [0.1, 0.15) is 31.1 Å². The van der Waals surface area contributed by atoms with Gasteiger partial charge in [-0.2, -0.15) is 0 Å². The van der Waals surface area contributed by atoms with Crippen LogP contribution < -0.4 is 9.62 Å². The molecule has 1 aliphatic heterocycles. The molecule has 0 saturated carbocycles. The predicted molar refractivity (Wildman–Crippen MR) is 110 cm³/mol. The van der Waals surface area contributed by atoms with Gasteiger partial charge in [-0.3, -0.25) is 4.79 Å². The maximum atomic E-state index is 13.0. The molecule has 3 rings (SSSR count). The van der Waals surface area contributed by atoms with E-state index in [1.54, 1.807) is 55.6 Å². The zero-order valence-corrected chi connectivity index (χ0v) is 17.7. The molecule has 1 N–H and O–H groups in total. The fourth-order valence-electron chi connectivity index (χ4n) is 2.80. The van der Waals surface area contributed by atoms with E-state index in [1.807, 2.05) is 12.1 Å². The van der Waals surface area contributed by atoms with Crippen molar-refractivity contribution in [1.82, 2.24) is 4.72 Å². The van der Waals surface area contributed by atoms with Gasteiger partial charge in [0.1, 0.15) is 0 Å². The van der Waals surface area contributed by atoms with E-state index in [-0.39, 0.29) is 10.8 Å². The third-order valence-electron chi connectivity index (χ3n) is 3.88. The Morgan fingerprint density at radius 2 is 1.81 bits per heavy atom. The molecule has 5 nitrogen and oxygen atoms in total. The molecule has 0 spiro atoms. The average molecular weight is 425 g/mol. The maximum Gasteiger partial charge on any atom is 0.258 e. The summed E-state index contributed by atoms with van der Waals surface area (Å²) >= 11 is 7.78. The third kappa shape index (κ3) is 4.66. The Hall–Kier alpha value is -1.54. The molecule has 1 aliphatic rings. The van der Waals surface area contributed by atoms with Gasteiger partial charge in [-0.05, 0) is 63.2 Å². The number of nitrogens with zero attached hydrogens (tertiary/aromatic N) is 1. The molecule has 0 atom stereocenters. The van der Waals surface area contributed by atoms with Crippen LogP contribution in [0.2, 0.25) is 5.02 Å². The first kappa shape index (κ1) is 20.2. The molecule has 0 bridgehead atoms. The van der Waals surface area contributed by atoms with Gasteiger partial charge in [0.25, 0.3) is 5.91 Å². The SMILES string of the molecule is CC(C)(C)NS(=O)(=O)c1ccc(C(=O)N2CCSc3ccc(Cl)cc32)cc1. The van der Waals surface area contributed by atoms with Crippen LogP contribution in [0.15, 0.2) is 52.3 Å². The number of carbonyl (C=O) groups excluding carboxylic acids is 1. The van der Waals surface area contributed by atoms with Crippen molar-refractivity contribution in [1.29, 1.82) is 0 Å². The standard InChI is InChI=1S/C19H21ClN2O3S2/c1-19(2,3)21-27(24,25)15-7-4-13(5-8-15)18(23)22-10-11-26-17-9-6-14(20)12-16(17)22/h4-9,12,21H,10-11H2,1-3H3. The van der Waals surface area contributed by atoms with Crippen LogP contribution in [0, 0.1) is 0 Å². The van der Waals surface area contributed by atoms with Crippen LogP contribution in [0.5, 0.6) is 0 Å². The zero-order valence-electron chi connectivity index (χ0n) is 15.3. The van der Waals surface area contributed by atoms with Crippen LogP contribution in [-0.4, -0.2) is 32.2 Å². The highest BCUT2D eigenvalue weighted by Gasteiger charge is 2.26. The molecule has 1 amide bonds. The minimum absolute atomic E-state index is 0.131. The van der Waals surface area contributed by atoms with Crippen molar-refractivity contribution in [3.05, 3.63) is 53.1 Å². The number of nitrogens with one attached hydrogen (secondary N) is 1. The minimum Gasteiger partial charge on any atom is -0.306 e. The largest absolute Gasteiger partial charge is 0.306 e. The van der Waals surface area contributed by atoms with E-state index >= 15 is 0 Å². The highest BCUT2D eigenvalue weighted by atomic mass is 35.5. The molecule has 0 aliphatic carbocycles. The quantitative estimate of drug-likeness (QED) is 0.802. The fraction of sp³-hybridized carbons (Fsp3) is 0.316. The molecule has 1 heterocycles. The van der Waals surface area contributed by atoms with Crippen molar-refractivity contribution in [2.45, 2.75) is 36.1 Å². The first-order valence-corrected chi connectivity index (χ1v) is 11.3. The lowest BCUT2D eigenvalue weighted by Gasteiger charge is -2.29. The molecule has 0 radical (unpaired) electrons. The number of sulfonamides is 1. The number of thioether (sulfide) groups is 1. The van der Waals surface area contributed by atoms with Crippen molar-refractivity contribution in [3.63, 3.8) is 0 Å². The number of benzene rings is 2. The molecular formula is C19H21ClN2O3S2. The van der Waals surface area contributed by atoms with E-state index < -0.39 is 15.6 Å². The van der Waals surface area contributed by atoms with Crippen LogP contribution in [0.4, 0.5) is 5.69 Å². The number of hydrogen-bond donors (Lipinski definition) is 1. The molecule has 0 unspecified atom stereocenters. The van der Waals surface area contributed by atoms with Crippen LogP contribution in [0.25, 0.3) is 0 Å². The summed E-state index contributed by atoms with van der Waals surface area (Å²) < 4.78 is 27.4. The van der Waals surface area contributed by atoms with E-state index in [1.165, 1.54) is 12.1 Å². The molecule has 144 valence electrons. The second-order valence-electron chi connectivity index (χ2n) is 7.30. The summed E-state index contributed by atoms with van der Waals surface area (Å²) in [7, 11) is -3.64. The Labute approximate surface area is 169 Å². The molecule has 2 aromatic rings. The molecule has 0 saturated heterocycles. The van der Waals surface area contributed by atoms with E-state index in [9.17, 15) is 13.2 Å². The lowest BCUT2D eigenvalue weighted by Crippen LogP contribution is -2.40. The number of amides is 1. The van der Waals surface area contributed by atoms with Crippen molar-refractivity contribution in [2.75, 3.05) is 17.2 Å². The molecule has 2 aromatic carbocycles. The highest BCUT2D eigenvalue weighted by Crippen LogP contribution is 2.37. The van der Waals surface area contributed by atoms with Crippen LogP contribution in [-0.2, 0) is 10.0 Å². The van der Waals surface area contributed by atoms with E-state index in [2.05, 4.69) is 4.72 Å². The third-order valence-corrected chi connectivity index (χ3v) is 6.93. The number of anilines is 1. The van der Waals surface area contributed by atoms with Gasteiger partial charge in [0.15, 0.2) is 0 Å². The lowest BCUT2D eigenvalue weighted by molar-refractivity contribution is 0.0987. The topological polar surface area (TPSA) is 66.5 Å². The van der Waals surface area contributed by atoms with Gasteiger partial charge in [0.05, 0.1) is 10.6 Å². The Bertz CT molecular complexity index is 967. The van der Waals surface area contributed by atoms with Crippen LogP contribution in [0.3, 0.4) is 0 Å². The molecular weight excluding hydrogens is 404 g/mol. The molecule has 8 heteroatoms. The van der Waals surface area contributed by atoms with Crippen LogP contribution >= 0.6 is 23.4 Å². The van der Waals surface area contributed by atoms with Gasteiger partial charge in [-0.1, -0.05) is 11.6 Å². The van der Waals surface area contributed by atoms with E-state index in [4.69, 9.17) is 11.6 Å². The Morgan fingerprint density at radius 1 is 1.15 bits per heavy atom. The Balaban J connectivity index is 1.87. The van der Waals surface area contributed by atoms with E-state index in [0.29, 0.717) is 17.1 Å². The second kappa shape index (κ2) is 7.47. The van der Waals surface area contributed by atoms with Crippen molar-refractivity contribution >= 4 is 45.0 Å². The number of fused-ring (bicyclic) bond motifs is 1. The highest BCUT2D eigenvalue weighted by molar-refractivity contribution is 7.99. The van der Waals surface area contributed by atoms with Crippen molar-refractivity contribution < 1.29 is 13.2 Å². The van der Waals surface area contributed by atoms with Gasteiger partial charge < -0.3 is 4.90 Å². The molecule has 0 aromatic heterocycles. The fourth-order valence-corrected chi connectivity index (χ4v) is 5.36. The summed E-state index contributed by atoms with van der Waals surface area (Å²) in [6.07, 6.45) is 0. The first-order chi connectivity index (χ1) is 12.6. The van der Waals surface area contributed by atoms with Gasteiger partial charge >= 0.3 is 0 Å². The Kier molecular flexibility index (Phi) is 5.59. The van der Waals surface area contributed by atoms with Gasteiger partial charge in [-0.15, -0.1) is 11.8 Å². The average Bonchev–Trinajstić information content (AvgIpc) is 2.58. The first-order valence-electron chi connectivity index (χ1n) is 8.45. The van der Waals surface area contributed by atoms with Gasteiger partial charge in [-0.25, -0.2) is 13.1 Å². The number of carbonyl (C=O) groups is 1. The summed E-state index contributed by atoms with van der Waals surface area (Å²) in [5.41, 5.74) is 0.638. The Morgan fingerprint density at radius 3 is 2.44 bits per heavy atom. The van der Waals surface area contributed by atoms with Gasteiger partial charge in [0.2, 0.25) is 10.0 Å². The van der Waals surface area contributed by atoms with Crippen molar-refractivity contribution in [3.8, 4) is 0 Å². The summed E-state index contributed by atoms with van der Waals surface area (Å²) in [5, 5.41) is 0.573. The molecule has 27 heavy (non-hydrogen) atoms. The lowest BCUT2D eigenvalue weighted by atomic mass is 10.1. The van der Waals surface area contributed by atoms with E-state index in [0.717, 1.165) is 16.3 Å². The summed E-state index contributed by atoms with van der Waals surface area (Å²) in [6.45, 7) is 5.90. The predicted octanol–water partition coefficient (Wildman–Crippen LogP) is 4.17. The molecule has 0 fully saturated rings. The maximum absolute atomic E-state index is 13.0. The summed E-state index contributed by atoms with van der Waals surface area (Å²) in [6, 6.07) is 11.5. The number of halogens is 1. The number of hydrogen-bond acceptors (Lipinski definition) is 4. The minimum atomic E-state index is -3.64. The smallest absolute Gasteiger partial charge is 0.258 e. The van der Waals surface area contributed by atoms with Crippen molar-refractivity contribution in [2.24, 2.45) is 0 Å². The zero-order chi connectivity index (χ0) is 19.8. The number of rotatable bonds is 3. The monoisotopic (exact) mass is 424 g/mol. The second-order valence-corrected chi connectivity index (χ2v) is 10.6. The van der Waals surface area contributed by atoms with Gasteiger partial charge in [0, 0.05) is 33.3 Å².